The Hall–Kier alpha value is -2.59. The number of halogens is 1. The number of amides is 1. The van der Waals surface area contributed by atoms with Crippen LogP contribution in [0.1, 0.15) is 21.7 Å². The Bertz CT molecular complexity index is 868. The van der Waals surface area contributed by atoms with E-state index in [-0.39, 0.29) is 5.76 Å². The Morgan fingerprint density at radius 3 is 2.86 bits per heavy atom. The Morgan fingerprint density at radius 2 is 2.05 bits per heavy atom. The molecule has 2 aromatic carbocycles. The minimum absolute atomic E-state index is 0.194. The Kier molecular flexibility index (Phi) is 3.94. The van der Waals surface area contributed by atoms with Crippen LogP contribution in [-0.2, 0) is 0 Å². The predicted molar refractivity (Wildman–Crippen MR) is 87.5 cm³/mol. The van der Waals surface area contributed by atoms with E-state index in [1.807, 2.05) is 31.2 Å². The maximum absolute atomic E-state index is 12.0. The molecule has 3 rings (SSSR count). The third-order valence-corrected chi connectivity index (χ3v) is 3.50. The number of nitrogens with one attached hydrogen (secondary N) is 1. The lowest BCUT2D eigenvalue weighted by Crippen LogP contribution is -2.16. The van der Waals surface area contributed by atoms with Crippen LogP contribution in [0.3, 0.4) is 0 Å². The molecule has 0 bridgehead atoms. The molecule has 0 saturated heterocycles. The fourth-order valence-corrected chi connectivity index (χ4v) is 2.25. The summed E-state index contributed by atoms with van der Waals surface area (Å²) in [6, 6.07) is 14.6. The first-order chi connectivity index (χ1) is 10.6. The first-order valence-corrected chi connectivity index (χ1v) is 7.09. The Labute approximate surface area is 132 Å². The van der Waals surface area contributed by atoms with Crippen LogP contribution in [0.25, 0.3) is 11.0 Å². The van der Waals surface area contributed by atoms with Crippen LogP contribution in [0, 0.1) is 6.92 Å². The molecule has 1 heterocycles. The maximum atomic E-state index is 12.0. The number of carbonyl (C=O) groups is 1. The van der Waals surface area contributed by atoms with Crippen LogP contribution in [-0.4, -0.2) is 12.1 Å². The highest BCUT2D eigenvalue weighted by Gasteiger charge is 2.11. The Morgan fingerprint density at radius 1 is 1.23 bits per heavy atom. The molecular weight excluding hydrogens is 300 g/mol. The summed E-state index contributed by atoms with van der Waals surface area (Å²) in [5.41, 5.74) is 5.09. The lowest BCUT2D eigenvalue weighted by Gasteiger charge is -1.98. The van der Waals surface area contributed by atoms with Gasteiger partial charge in [0, 0.05) is 10.4 Å². The normalized spacial score (nSPS) is 11.2. The van der Waals surface area contributed by atoms with Gasteiger partial charge in [-0.05, 0) is 42.3 Å². The summed E-state index contributed by atoms with van der Waals surface area (Å²) in [5, 5.41) is 5.33. The first-order valence-electron chi connectivity index (χ1n) is 6.71. The summed E-state index contributed by atoms with van der Waals surface area (Å²) >= 11 is 5.91. The van der Waals surface area contributed by atoms with Gasteiger partial charge in [0.2, 0.25) is 0 Å². The van der Waals surface area contributed by atoms with E-state index in [1.165, 1.54) is 0 Å². The highest BCUT2D eigenvalue weighted by Crippen LogP contribution is 2.22. The zero-order valence-corrected chi connectivity index (χ0v) is 12.6. The summed E-state index contributed by atoms with van der Waals surface area (Å²) in [7, 11) is 0. The molecule has 22 heavy (non-hydrogen) atoms. The van der Waals surface area contributed by atoms with Gasteiger partial charge in [-0.2, -0.15) is 5.10 Å². The highest BCUT2D eigenvalue weighted by molar-refractivity contribution is 6.31. The first kappa shape index (κ1) is 14.4. The monoisotopic (exact) mass is 312 g/mol. The number of rotatable bonds is 3. The maximum Gasteiger partial charge on any atom is 0.307 e. The van der Waals surface area contributed by atoms with Crippen molar-refractivity contribution < 1.29 is 9.21 Å². The molecule has 1 aromatic heterocycles. The van der Waals surface area contributed by atoms with E-state index in [4.69, 9.17) is 16.0 Å². The summed E-state index contributed by atoms with van der Waals surface area (Å²) in [4.78, 5) is 12.0. The zero-order valence-electron chi connectivity index (χ0n) is 11.8. The van der Waals surface area contributed by atoms with Gasteiger partial charge in [-0.15, -0.1) is 0 Å². The molecule has 0 aliphatic heterocycles. The molecule has 1 N–H and O–H groups in total. The number of furan rings is 1. The van der Waals surface area contributed by atoms with Gasteiger partial charge in [-0.3, -0.25) is 4.79 Å². The summed E-state index contributed by atoms with van der Waals surface area (Å²) in [6.07, 6.45) is 1.60. The quantitative estimate of drug-likeness (QED) is 0.583. The molecular formula is C17H13ClN2O2. The number of hydrazone groups is 1. The third kappa shape index (κ3) is 3.02. The van der Waals surface area contributed by atoms with E-state index in [2.05, 4.69) is 10.5 Å². The number of nitrogens with zero attached hydrogens (tertiary/aromatic N) is 1. The van der Waals surface area contributed by atoms with Crippen molar-refractivity contribution in [3.63, 3.8) is 0 Å². The van der Waals surface area contributed by atoms with Gasteiger partial charge in [-0.1, -0.05) is 35.9 Å². The van der Waals surface area contributed by atoms with Gasteiger partial charge < -0.3 is 4.42 Å². The van der Waals surface area contributed by atoms with Gasteiger partial charge in [0.05, 0.1) is 6.21 Å². The van der Waals surface area contributed by atoms with Crippen LogP contribution in [0.2, 0.25) is 5.02 Å². The van der Waals surface area contributed by atoms with E-state index in [0.717, 1.165) is 16.5 Å². The largest absolute Gasteiger partial charge is 0.451 e. The van der Waals surface area contributed by atoms with Crippen LogP contribution in [0.5, 0.6) is 0 Å². The van der Waals surface area contributed by atoms with Crippen molar-refractivity contribution in [1.29, 1.82) is 0 Å². The van der Waals surface area contributed by atoms with E-state index in [9.17, 15) is 4.79 Å². The molecule has 0 fully saturated rings. The fourth-order valence-electron chi connectivity index (χ4n) is 2.07. The average molecular weight is 313 g/mol. The molecule has 0 radical (unpaired) electrons. The molecule has 0 aliphatic rings. The van der Waals surface area contributed by atoms with Crippen LogP contribution >= 0.6 is 11.6 Å². The molecule has 0 spiro atoms. The second kappa shape index (κ2) is 6.03. The second-order valence-electron chi connectivity index (χ2n) is 4.85. The molecule has 0 saturated carbocycles. The Balaban J connectivity index is 1.75. The van der Waals surface area contributed by atoms with Crippen LogP contribution < -0.4 is 5.43 Å². The second-order valence-corrected chi connectivity index (χ2v) is 5.28. The topological polar surface area (TPSA) is 54.6 Å². The van der Waals surface area contributed by atoms with Crippen molar-refractivity contribution in [1.82, 2.24) is 5.43 Å². The van der Waals surface area contributed by atoms with E-state index < -0.39 is 5.91 Å². The molecule has 1 amide bonds. The molecule has 0 unspecified atom stereocenters. The van der Waals surface area contributed by atoms with Crippen molar-refractivity contribution in [2.24, 2.45) is 5.10 Å². The van der Waals surface area contributed by atoms with Gasteiger partial charge in [0.15, 0.2) is 5.76 Å². The summed E-state index contributed by atoms with van der Waals surface area (Å²) in [6.45, 7) is 1.98. The average Bonchev–Trinajstić information content (AvgIpc) is 2.92. The fraction of sp³-hybridized carbons (Fsp3) is 0.0588. The smallest absolute Gasteiger partial charge is 0.307 e. The predicted octanol–water partition coefficient (Wildman–Crippen LogP) is 4.16. The van der Waals surface area contributed by atoms with Crippen molar-refractivity contribution >= 4 is 34.7 Å². The zero-order chi connectivity index (χ0) is 15.5. The molecule has 0 atom stereocenters. The molecule has 3 aromatic rings. The molecule has 5 heteroatoms. The third-order valence-electron chi connectivity index (χ3n) is 3.26. The number of benzene rings is 2. The highest BCUT2D eigenvalue weighted by atomic mass is 35.5. The van der Waals surface area contributed by atoms with Crippen molar-refractivity contribution in [3.05, 3.63) is 70.4 Å². The minimum atomic E-state index is -0.405. The van der Waals surface area contributed by atoms with E-state index in [1.54, 1.807) is 30.5 Å². The SMILES string of the molecule is Cc1ccccc1/C=N/NC(=O)c1cc2cc(Cl)ccc2o1. The summed E-state index contributed by atoms with van der Waals surface area (Å²) < 4.78 is 5.47. The number of carbonyl (C=O) groups excluding carboxylic acids is 1. The lowest BCUT2D eigenvalue weighted by atomic mass is 10.1. The van der Waals surface area contributed by atoms with Crippen molar-refractivity contribution in [2.45, 2.75) is 6.92 Å². The van der Waals surface area contributed by atoms with Crippen LogP contribution in [0.15, 0.2) is 58.0 Å². The van der Waals surface area contributed by atoms with Crippen molar-refractivity contribution in [3.8, 4) is 0 Å². The molecule has 110 valence electrons. The van der Waals surface area contributed by atoms with Crippen LogP contribution in [0.4, 0.5) is 0 Å². The van der Waals surface area contributed by atoms with E-state index >= 15 is 0 Å². The van der Waals surface area contributed by atoms with Gasteiger partial charge in [-0.25, -0.2) is 5.43 Å². The van der Waals surface area contributed by atoms with Crippen molar-refractivity contribution in [2.75, 3.05) is 0 Å². The standard InChI is InChI=1S/C17H13ClN2O2/c1-11-4-2-3-5-12(11)10-19-20-17(21)16-9-13-8-14(18)6-7-15(13)22-16/h2-10H,1H3,(H,20,21)/b19-10+. The van der Waals surface area contributed by atoms with Gasteiger partial charge in [0.25, 0.3) is 0 Å². The minimum Gasteiger partial charge on any atom is -0.451 e. The van der Waals surface area contributed by atoms with Gasteiger partial charge in [0.1, 0.15) is 5.58 Å². The number of hydrogen-bond donors (Lipinski definition) is 1. The summed E-state index contributed by atoms with van der Waals surface area (Å²) in [5.74, 6) is -0.212. The number of aryl methyl sites for hydroxylation is 1. The lowest BCUT2D eigenvalue weighted by molar-refractivity contribution is 0.0929. The number of fused-ring (bicyclic) bond motifs is 1. The van der Waals surface area contributed by atoms with Gasteiger partial charge >= 0.3 is 5.91 Å². The molecule has 0 aliphatic carbocycles. The molecule has 4 nitrogen and oxygen atoms in total. The number of hydrogen-bond acceptors (Lipinski definition) is 3. The van der Waals surface area contributed by atoms with E-state index in [0.29, 0.717) is 10.6 Å².